The second kappa shape index (κ2) is 5.23. The SMILES string of the molecule is CC(C)(C)CC(C(N)=O)c1cccc(C(F)(F)F)c1. The fourth-order valence-corrected chi connectivity index (χ4v) is 1.93. The van der Waals surface area contributed by atoms with Crippen LogP contribution < -0.4 is 5.73 Å². The molecule has 1 atom stereocenters. The average Bonchev–Trinajstić information content (AvgIpc) is 2.23. The zero-order valence-corrected chi connectivity index (χ0v) is 11.2. The second-order valence-electron chi connectivity index (χ2n) is 5.84. The second-order valence-corrected chi connectivity index (χ2v) is 5.84. The van der Waals surface area contributed by atoms with Gasteiger partial charge in [0.1, 0.15) is 0 Å². The van der Waals surface area contributed by atoms with Gasteiger partial charge in [-0.05, 0) is 23.5 Å². The van der Waals surface area contributed by atoms with Crippen LogP contribution in [0.25, 0.3) is 0 Å². The van der Waals surface area contributed by atoms with Gasteiger partial charge in [0.25, 0.3) is 0 Å². The summed E-state index contributed by atoms with van der Waals surface area (Å²) in [5, 5.41) is 0. The molecule has 0 bridgehead atoms. The molecule has 2 nitrogen and oxygen atoms in total. The summed E-state index contributed by atoms with van der Waals surface area (Å²) in [7, 11) is 0. The first kappa shape index (κ1) is 15.5. The van der Waals surface area contributed by atoms with Crippen molar-refractivity contribution in [2.45, 2.75) is 39.3 Å². The summed E-state index contributed by atoms with van der Waals surface area (Å²) in [6.07, 6.45) is -4.01. The number of rotatable bonds is 3. The van der Waals surface area contributed by atoms with Gasteiger partial charge < -0.3 is 5.73 Å². The first-order valence-corrected chi connectivity index (χ1v) is 5.97. The van der Waals surface area contributed by atoms with Gasteiger partial charge in [-0.2, -0.15) is 13.2 Å². The predicted octanol–water partition coefficient (Wildman–Crippen LogP) is 3.71. The molecular formula is C14H18F3NO. The van der Waals surface area contributed by atoms with Crippen LogP contribution in [0, 0.1) is 5.41 Å². The third-order valence-corrected chi connectivity index (χ3v) is 2.78. The molecule has 19 heavy (non-hydrogen) atoms. The Hall–Kier alpha value is -1.52. The monoisotopic (exact) mass is 273 g/mol. The number of halogens is 3. The van der Waals surface area contributed by atoms with Crippen molar-refractivity contribution in [2.24, 2.45) is 11.1 Å². The Kier molecular flexibility index (Phi) is 4.28. The van der Waals surface area contributed by atoms with E-state index in [4.69, 9.17) is 5.73 Å². The highest BCUT2D eigenvalue weighted by atomic mass is 19.4. The van der Waals surface area contributed by atoms with Crippen molar-refractivity contribution in [1.29, 1.82) is 0 Å². The fraction of sp³-hybridized carbons (Fsp3) is 0.500. The molecule has 2 N–H and O–H groups in total. The predicted molar refractivity (Wildman–Crippen MR) is 67.5 cm³/mol. The van der Waals surface area contributed by atoms with E-state index in [1.165, 1.54) is 12.1 Å². The number of alkyl halides is 3. The molecule has 1 rings (SSSR count). The number of hydrogen-bond acceptors (Lipinski definition) is 1. The van der Waals surface area contributed by atoms with Gasteiger partial charge >= 0.3 is 6.18 Å². The number of primary amides is 1. The van der Waals surface area contributed by atoms with Gasteiger partial charge in [-0.1, -0.05) is 39.0 Å². The lowest BCUT2D eigenvalue weighted by atomic mass is 9.81. The van der Waals surface area contributed by atoms with Crippen LogP contribution >= 0.6 is 0 Å². The molecule has 106 valence electrons. The molecule has 0 aromatic heterocycles. The molecule has 1 aromatic carbocycles. The van der Waals surface area contributed by atoms with Crippen molar-refractivity contribution in [3.63, 3.8) is 0 Å². The van der Waals surface area contributed by atoms with Crippen LogP contribution in [0.15, 0.2) is 24.3 Å². The van der Waals surface area contributed by atoms with E-state index in [1.54, 1.807) is 0 Å². The molecule has 1 unspecified atom stereocenters. The highest BCUT2D eigenvalue weighted by molar-refractivity contribution is 5.82. The Labute approximate surface area is 110 Å². The summed E-state index contributed by atoms with van der Waals surface area (Å²) in [5.74, 6) is -1.31. The smallest absolute Gasteiger partial charge is 0.369 e. The van der Waals surface area contributed by atoms with E-state index in [0.717, 1.165) is 12.1 Å². The normalized spacial score (nSPS) is 14.2. The summed E-state index contributed by atoms with van der Waals surface area (Å²) >= 11 is 0. The number of carbonyl (C=O) groups excluding carboxylic acids is 1. The Morgan fingerprint density at radius 1 is 1.26 bits per heavy atom. The maximum absolute atomic E-state index is 12.7. The quantitative estimate of drug-likeness (QED) is 0.896. The Balaban J connectivity index is 3.14. The zero-order valence-electron chi connectivity index (χ0n) is 11.2. The van der Waals surface area contributed by atoms with Crippen molar-refractivity contribution in [3.05, 3.63) is 35.4 Å². The topological polar surface area (TPSA) is 43.1 Å². The first-order chi connectivity index (χ1) is 8.50. The third kappa shape index (κ3) is 4.58. The number of amides is 1. The van der Waals surface area contributed by atoms with Gasteiger partial charge in [-0.3, -0.25) is 4.79 Å². The van der Waals surface area contributed by atoms with Crippen molar-refractivity contribution in [1.82, 2.24) is 0 Å². The Bertz CT molecular complexity index is 460. The molecule has 0 aliphatic rings. The Morgan fingerprint density at radius 2 is 1.84 bits per heavy atom. The fourth-order valence-electron chi connectivity index (χ4n) is 1.93. The van der Waals surface area contributed by atoms with Crippen LogP contribution in [-0.4, -0.2) is 5.91 Å². The molecule has 5 heteroatoms. The van der Waals surface area contributed by atoms with Crippen LogP contribution in [0.1, 0.15) is 44.2 Å². The first-order valence-electron chi connectivity index (χ1n) is 5.97. The van der Waals surface area contributed by atoms with Crippen molar-refractivity contribution in [3.8, 4) is 0 Å². The number of hydrogen-bond donors (Lipinski definition) is 1. The lowest BCUT2D eigenvalue weighted by Gasteiger charge is -2.24. The summed E-state index contributed by atoms with van der Waals surface area (Å²) in [4.78, 5) is 11.5. The molecule has 1 aromatic rings. The summed E-state index contributed by atoms with van der Waals surface area (Å²) in [6, 6.07) is 4.80. The minimum atomic E-state index is -4.42. The van der Waals surface area contributed by atoms with Crippen molar-refractivity contribution in [2.75, 3.05) is 0 Å². The van der Waals surface area contributed by atoms with E-state index in [2.05, 4.69) is 0 Å². The number of benzene rings is 1. The van der Waals surface area contributed by atoms with Gasteiger partial charge in [0, 0.05) is 0 Å². The van der Waals surface area contributed by atoms with E-state index < -0.39 is 23.6 Å². The van der Waals surface area contributed by atoms with Gasteiger partial charge in [0.2, 0.25) is 5.91 Å². The molecule has 0 radical (unpaired) electrons. The molecule has 0 saturated carbocycles. The third-order valence-electron chi connectivity index (χ3n) is 2.78. The lowest BCUT2D eigenvalue weighted by Crippen LogP contribution is -2.26. The maximum Gasteiger partial charge on any atom is 0.416 e. The van der Waals surface area contributed by atoms with Crippen LogP contribution in [0.3, 0.4) is 0 Å². The highest BCUT2D eigenvalue weighted by Crippen LogP contribution is 2.35. The lowest BCUT2D eigenvalue weighted by molar-refractivity contribution is -0.137. The summed E-state index contributed by atoms with van der Waals surface area (Å²) in [6.45, 7) is 5.74. The van der Waals surface area contributed by atoms with Gasteiger partial charge in [-0.25, -0.2) is 0 Å². The van der Waals surface area contributed by atoms with Gasteiger partial charge in [0.05, 0.1) is 11.5 Å². The number of carbonyl (C=O) groups is 1. The zero-order chi connectivity index (χ0) is 14.8. The number of nitrogens with two attached hydrogens (primary N) is 1. The molecule has 0 saturated heterocycles. The minimum Gasteiger partial charge on any atom is -0.369 e. The molecule has 0 aliphatic carbocycles. The van der Waals surface area contributed by atoms with E-state index >= 15 is 0 Å². The molecule has 0 heterocycles. The van der Waals surface area contributed by atoms with Crippen LogP contribution in [0.5, 0.6) is 0 Å². The van der Waals surface area contributed by atoms with Gasteiger partial charge in [-0.15, -0.1) is 0 Å². The van der Waals surface area contributed by atoms with Crippen LogP contribution in [-0.2, 0) is 11.0 Å². The van der Waals surface area contributed by atoms with Gasteiger partial charge in [0.15, 0.2) is 0 Å². The largest absolute Gasteiger partial charge is 0.416 e. The minimum absolute atomic E-state index is 0.200. The van der Waals surface area contributed by atoms with Crippen molar-refractivity contribution < 1.29 is 18.0 Å². The van der Waals surface area contributed by atoms with Crippen molar-refractivity contribution >= 4 is 5.91 Å². The van der Waals surface area contributed by atoms with Crippen LogP contribution in [0.2, 0.25) is 0 Å². The van der Waals surface area contributed by atoms with Crippen LogP contribution in [0.4, 0.5) is 13.2 Å². The molecular weight excluding hydrogens is 255 g/mol. The van der Waals surface area contributed by atoms with E-state index in [9.17, 15) is 18.0 Å². The summed E-state index contributed by atoms with van der Waals surface area (Å²) < 4.78 is 38.0. The Morgan fingerprint density at radius 3 is 2.26 bits per heavy atom. The highest BCUT2D eigenvalue weighted by Gasteiger charge is 2.32. The average molecular weight is 273 g/mol. The van der Waals surface area contributed by atoms with E-state index in [1.807, 2.05) is 20.8 Å². The van der Waals surface area contributed by atoms with E-state index in [-0.39, 0.29) is 5.41 Å². The molecule has 0 aliphatic heterocycles. The summed E-state index contributed by atoms with van der Waals surface area (Å²) in [5.41, 5.74) is 4.67. The molecule has 0 spiro atoms. The standard InChI is InChI=1S/C14H18F3NO/c1-13(2,3)8-11(12(18)19)9-5-4-6-10(7-9)14(15,16)17/h4-7,11H,8H2,1-3H3,(H2,18,19). The maximum atomic E-state index is 12.7. The van der Waals surface area contributed by atoms with E-state index in [0.29, 0.717) is 12.0 Å². The molecule has 0 fully saturated rings. The molecule has 1 amide bonds.